The lowest BCUT2D eigenvalue weighted by atomic mass is 9.96. The van der Waals surface area contributed by atoms with Crippen molar-refractivity contribution in [1.82, 2.24) is 0 Å². The van der Waals surface area contributed by atoms with Crippen LogP contribution in [-0.4, -0.2) is 5.78 Å². The SMILES string of the molecule is O=C1CC(c2cccc(F)c2)Oc2ccccc21. The average molecular weight is 242 g/mol. The van der Waals surface area contributed by atoms with Gasteiger partial charge in [0.05, 0.1) is 12.0 Å². The summed E-state index contributed by atoms with van der Waals surface area (Å²) in [6.45, 7) is 0. The molecule has 2 aromatic rings. The molecule has 2 aromatic carbocycles. The number of benzene rings is 2. The van der Waals surface area contributed by atoms with Crippen LogP contribution in [0.1, 0.15) is 28.4 Å². The van der Waals surface area contributed by atoms with Gasteiger partial charge in [0, 0.05) is 0 Å². The number of fused-ring (bicyclic) bond motifs is 1. The highest BCUT2D eigenvalue weighted by molar-refractivity contribution is 5.99. The Hall–Kier alpha value is -2.16. The number of Topliss-reactive ketones (excluding diaryl/α,β-unsaturated/α-hetero) is 1. The Kier molecular flexibility index (Phi) is 2.59. The lowest BCUT2D eigenvalue weighted by Gasteiger charge is -2.25. The number of para-hydroxylation sites is 1. The van der Waals surface area contributed by atoms with Gasteiger partial charge in [0.2, 0.25) is 0 Å². The van der Waals surface area contributed by atoms with Crippen LogP contribution >= 0.6 is 0 Å². The fourth-order valence-electron chi connectivity index (χ4n) is 2.17. The predicted molar refractivity (Wildman–Crippen MR) is 65.2 cm³/mol. The van der Waals surface area contributed by atoms with Crippen molar-refractivity contribution in [3.05, 3.63) is 65.5 Å². The van der Waals surface area contributed by atoms with E-state index in [1.54, 1.807) is 24.3 Å². The first-order valence-corrected chi connectivity index (χ1v) is 5.78. The maximum atomic E-state index is 13.2. The minimum absolute atomic E-state index is 0.0334. The number of ether oxygens (including phenoxy) is 1. The monoisotopic (exact) mass is 242 g/mol. The summed E-state index contributed by atoms with van der Waals surface area (Å²) in [4.78, 5) is 12.0. The first-order valence-electron chi connectivity index (χ1n) is 5.78. The quantitative estimate of drug-likeness (QED) is 0.764. The van der Waals surface area contributed by atoms with Crippen LogP contribution in [0.2, 0.25) is 0 Å². The molecule has 0 aromatic heterocycles. The van der Waals surface area contributed by atoms with Crippen LogP contribution in [0, 0.1) is 5.82 Å². The second kappa shape index (κ2) is 4.26. The summed E-state index contributed by atoms with van der Waals surface area (Å²) in [6.07, 6.45) is -0.149. The number of ketones is 1. The molecule has 0 bridgehead atoms. The predicted octanol–water partition coefficient (Wildman–Crippen LogP) is 3.53. The molecule has 0 aliphatic carbocycles. The van der Waals surface area contributed by atoms with E-state index in [2.05, 4.69) is 0 Å². The van der Waals surface area contributed by atoms with Crippen molar-refractivity contribution in [3.63, 3.8) is 0 Å². The molecule has 90 valence electrons. The Labute approximate surface area is 104 Å². The molecule has 0 spiro atoms. The second-order valence-electron chi connectivity index (χ2n) is 4.28. The molecule has 0 saturated heterocycles. The Balaban J connectivity index is 1.97. The van der Waals surface area contributed by atoms with E-state index >= 15 is 0 Å². The van der Waals surface area contributed by atoms with E-state index in [9.17, 15) is 9.18 Å². The second-order valence-corrected chi connectivity index (χ2v) is 4.28. The molecule has 2 nitrogen and oxygen atoms in total. The first-order chi connectivity index (χ1) is 8.74. The van der Waals surface area contributed by atoms with E-state index in [-0.39, 0.29) is 18.0 Å². The minimum Gasteiger partial charge on any atom is -0.484 e. The van der Waals surface area contributed by atoms with Crippen molar-refractivity contribution < 1.29 is 13.9 Å². The summed E-state index contributed by atoms with van der Waals surface area (Å²) in [5, 5.41) is 0. The van der Waals surface area contributed by atoms with Crippen molar-refractivity contribution in [2.24, 2.45) is 0 Å². The van der Waals surface area contributed by atoms with Gasteiger partial charge in [-0.1, -0.05) is 24.3 Å². The van der Waals surface area contributed by atoms with Crippen LogP contribution in [0.5, 0.6) is 5.75 Å². The largest absolute Gasteiger partial charge is 0.484 e. The summed E-state index contributed by atoms with van der Waals surface area (Å²) in [5.74, 6) is 0.288. The molecule has 3 rings (SSSR count). The van der Waals surface area contributed by atoms with Gasteiger partial charge in [-0.3, -0.25) is 4.79 Å². The Morgan fingerprint density at radius 2 is 1.94 bits per heavy atom. The third kappa shape index (κ3) is 1.88. The maximum absolute atomic E-state index is 13.2. The smallest absolute Gasteiger partial charge is 0.170 e. The molecule has 1 unspecified atom stereocenters. The fraction of sp³-hybridized carbons (Fsp3) is 0.133. The van der Waals surface area contributed by atoms with Crippen LogP contribution < -0.4 is 4.74 Å². The van der Waals surface area contributed by atoms with E-state index in [4.69, 9.17) is 4.74 Å². The molecule has 1 heterocycles. The van der Waals surface area contributed by atoms with E-state index in [1.807, 2.05) is 12.1 Å². The number of carbonyl (C=O) groups excluding carboxylic acids is 1. The number of hydrogen-bond donors (Lipinski definition) is 0. The van der Waals surface area contributed by atoms with Gasteiger partial charge in [0.1, 0.15) is 17.7 Å². The standard InChI is InChI=1S/C15H11FO2/c16-11-5-3-4-10(8-11)15-9-13(17)12-6-1-2-7-14(12)18-15/h1-8,15H,9H2. The zero-order valence-corrected chi connectivity index (χ0v) is 9.60. The summed E-state index contributed by atoms with van der Waals surface area (Å²) in [6, 6.07) is 13.3. The zero-order chi connectivity index (χ0) is 12.5. The summed E-state index contributed by atoms with van der Waals surface area (Å²) < 4.78 is 18.9. The van der Waals surface area contributed by atoms with Gasteiger partial charge in [0.15, 0.2) is 5.78 Å². The van der Waals surface area contributed by atoms with Crippen molar-refractivity contribution >= 4 is 5.78 Å². The molecule has 1 aliphatic heterocycles. The van der Waals surface area contributed by atoms with Crippen molar-refractivity contribution in [1.29, 1.82) is 0 Å². The highest BCUT2D eigenvalue weighted by Crippen LogP contribution is 2.34. The van der Waals surface area contributed by atoms with E-state index < -0.39 is 6.10 Å². The van der Waals surface area contributed by atoms with Crippen molar-refractivity contribution in [2.45, 2.75) is 12.5 Å². The third-order valence-corrected chi connectivity index (χ3v) is 3.05. The van der Waals surface area contributed by atoms with Gasteiger partial charge in [0.25, 0.3) is 0 Å². The molecule has 0 fully saturated rings. The lowest BCUT2D eigenvalue weighted by molar-refractivity contribution is 0.0849. The molecule has 1 atom stereocenters. The Morgan fingerprint density at radius 1 is 1.11 bits per heavy atom. The van der Waals surface area contributed by atoms with Gasteiger partial charge in [-0.25, -0.2) is 4.39 Å². The summed E-state index contributed by atoms with van der Waals surface area (Å²) in [5.41, 5.74) is 1.29. The molecule has 3 heteroatoms. The summed E-state index contributed by atoms with van der Waals surface area (Å²) >= 11 is 0. The third-order valence-electron chi connectivity index (χ3n) is 3.05. The number of halogens is 1. The zero-order valence-electron chi connectivity index (χ0n) is 9.60. The first kappa shape index (κ1) is 11.0. The van der Waals surface area contributed by atoms with Crippen molar-refractivity contribution in [3.8, 4) is 5.75 Å². The molecule has 0 amide bonds. The van der Waals surface area contributed by atoms with Gasteiger partial charge >= 0.3 is 0 Å². The lowest BCUT2D eigenvalue weighted by Crippen LogP contribution is -2.20. The van der Waals surface area contributed by atoms with Gasteiger partial charge < -0.3 is 4.74 Å². The Bertz CT molecular complexity index is 607. The van der Waals surface area contributed by atoms with E-state index in [1.165, 1.54) is 12.1 Å². The topological polar surface area (TPSA) is 26.3 Å². The fourth-order valence-corrected chi connectivity index (χ4v) is 2.17. The van der Waals surface area contributed by atoms with Gasteiger partial charge in [-0.2, -0.15) is 0 Å². The highest BCUT2D eigenvalue weighted by Gasteiger charge is 2.27. The van der Waals surface area contributed by atoms with E-state index in [0.29, 0.717) is 16.9 Å². The maximum Gasteiger partial charge on any atom is 0.170 e. The highest BCUT2D eigenvalue weighted by atomic mass is 19.1. The molecule has 0 N–H and O–H groups in total. The van der Waals surface area contributed by atoms with Crippen molar-refractivity contribution in [2.75, 3.05) is 0 Å². The normalized spacial score (nSPS) is 18.1. The average Bonchev–Trinajstić information content (AvgIpc) is 2.39. The van der Waals surface area contributed by atoms with Crippen LogP contribution in [-0.2, 0) is 0 Å². The van der Waals surface area contributed by atoms with Gasteiger partial charge in [-0.05, 0) is 29.8 Å². The van der Waals surface area contributed by atoms with Crippen LogP contribution in [0.4, 0.5) is 4.39 Å². The molecular formula is C15H11FO2. The summed E-state index contributed by atoms with van der Waals surface area (Å²) in [7, 11) is 0. The molecule has 18 heavy (non-hydrogen) atoms. The van der Waals surface area contributed by atoms with Crippen LogP contribution in [0.25, 0.3) is 0 Å². The number of rotatable bonds is 1. The number of carbonyl (C=O) groups is 1. The van der Waals surface area contributed by atoms with E-state index in [0.717, 1.165) is 0 Å². The molecule has 0 saturated carbocycles. The minimum atomic E-state index is -0.400. The molecule has 1 aliphatic rings. The van der Waals surface area contributed by atoms with Gasteiger partial charge in [-0.15, -0.1) is 0 Å². The van der Waals surface area contributed by atoms with Crippen LogP contribution in [0.15, 0.2) is 48.5 Å². The molecular weight excluding hydrogens is 231 g/mol. The molecule has 0 radical (unpaired) electrons. The van der Waals surface area contributed by atoms with Crippen LogP contribution in [0.3, 0.4) is 0 Å². The Morgan fingerprint density at radius 3 is 2.78 bits per heavy atom. The number of hydrogen-bond acceptors (Lipinski definition) is 2.